The van der Waals surface area contributed by atoms with E-state index in [1.807, 2.05) is 26.1 Å². The molecule has 0 atom stereocenters. The van der Waals surface area contributed by atoms with Gasteiger partial charge in [-0.25, -0.2) is 4.98 Å². The highest BCUT2D eigenvalue weighted by Crippen LogP contribution is 2.12. The second-order valence-corrected chi connectivity index (χ2v) is 3.05. The number of hydrogen-bond acceptors (Lipinski definition) is 2. The Labute approximate surface area is 59.1 Å². The molecule has 1 aromatic rings. The second kappa shape index (κ2) is 2.78. The van der Waals surface area contributed by atoms with Crippen LogP contribution in [-0.4, -0.2) is 4.98 Å². The fourth-order valence-corrected chi connectivity index (χ4v) is 1.38. The lowest BCUT2D eigenvalue weighted by Gasteiger charge is -1.75. The number of rotatable bonds is 1. The Kier molecular flexibility index (Phi) is 2.01. The Morgan fingerprint density at radius 3 is 2.89 bits per heavy atom. The van der Waals surface area contributed by atoms with Gasteiger partial charge in [0.25, 0.3) is 0 Å². The molecule has 1 rings (SSSR count). The summed E-state index contributed by atoms with van der Waals surface area (Å²) in [5.74, 6) is 0. The number of hydrogen-bond donors (Lipinski definition) is 0. The molecule has 0 aliphatic heterocycles. The van der Waals surface area contributed by atoms with Crippen LogP contribution < -0.4 is 0 Å². The van der Waals surface area contributed by atoms with Crippen LogP contribution in [0.3, 0.4) is 0 Å². The summed E-state index contributed by atoms with van der Waals surface area (Å²) in [5, 5.41) is 1.13. The first-order valence-corrected chi connectivity index (χ1v) is 3.69. The summed E-state index contributed by atoms with van der Waals surface area (Å²) in [6.07, 6.45) is 5.97. The fraction of sp³-hybridized carbons (Fsp3) is 0.286. The number of aryl methyl sites for hydroxylation is 1. The van der Waals surface area contributed by atoms with Crippen molar-refractivity contribution in [2.75, 3.05) is 0 Å². The fourth-order valence-electron chi connectivity index (χ4n) is 0.619. The van der Waals surface area contributed by atoms with Crippen molar-refractivity contribution in [2.24, 2.45) is 0 Å². The van der Waals surface area contributed by atoms with Gasteiger partial charge in [-0.2, -0.15) is 0 Å². The van der Waals surface area contributed by atoms with Gasteiger partial charge < -0.3 is 0 Å². The SMILES string of the molecule is C/C=C/c1cnc(C)s1. The zero-order valence-corrected chi connectivity index (χ0v) is 6.40. The molecule has 0 bridgehead atoms. The Morgan fingerprint density at radius 2 is 2.44 bits per heavy atom. The largest absolute Gasteiger partial charge is 0.249 e. The summed E-state index contributed by atoms with van der Waals surface area (Å²) in [6, 6.07) is 0. The van der Waals surface area contributed by atoms with E-state index in [0.29, 0.717) is 0 Å². The Balaban J connectivity index is 2.85. The highest BCUT2D eigenvalue weighted by Gasteiger charge is 1.89. The molecule has 0 aromatic carbocycles. The molecule has 48 valence electrons. The maximum Gasteiger partial charge on any atom is 0.0900 e. The maximum absolute atomic E-state index is 4.10. The Hall–Kier alpha value is -0.630. The van der Waals surface area contributed by atoms with Crippen LogP contribution in [0.1, 0.15) is 16.8 Å². The van der Waals surface area contributed by atoms with Crippen molar-refractivity contribution >= 4 is 17.4 Å². The van der Waals surface area contributed by atoms with Gasteiger partial charge in [-0.3, -0.25) is 0 Å². The molecular weight excluding hydrogens is 130 g/mol. The van der Waals surface area contributed by atoms with Crippen molar-refractivity contribution in [3.05, 3.63) is 22.2 Å². The highest BCUT2D eigenvalue weighted by atomic mass is 32.1. The van der Waals surface area contributed by atoms with Gasteiger partial charge in [0.05, 0.1) is 5.01 Å². The molecule has 0 unspecified atom stereocenters. The van der Waals surface area contributed by atoms with E-state index >= 15 is 0 Å². The van der Waals surface area contributed by atoms with Crippen molar-refractivity contribution < 1.29 is 0 Å². The molecule has 0 radical (unpaired) electrons. The van der Waals surface area contributed by atoms with Gasteiger partial charge in [0.2, 0.25) is 0 Å². The van der Waals surface area contributed by atoms with E-state index in [1.165, 1.54) is 4.88 Å². The molecule has 0 aliphatic rings. The van der Waals surface area contributed by atoms with E-state index in [1.54, 1.807) is 11.3 Å². The second-order valence-electron chi connectivity index (χ2n) is 1.78. The summed E-state index contributed by atoms with van der Waals surface area (Å²) >= 11 is 1.71. The van der Waals surface area contributed by atoms with Crippen molar-refractivity contribution in [1.29, 1.82) is 0 Å². The van der Waals surface area contributed by atoms with Crippen LogP contribution in [0.4, 0.5) is 0 Å². The molecule has 0 fully saturated rings. The normalized spacial score (nSPS) is 10.9. The van der Waals surface area contributed by atoms with Crippen LogP contribution in [-0.2, 0) is 0 Å². The van der Waals surface area contributed by atoms with Crippen LogP contribution in [0.25, 0.3) is 6.08 Å². The molecule has 0 saturated carbocycles. The van der Waals surface area contributed by atoms with Gasteiger partial charge in [0.15, 0.2) is 0 Å². The molecule has 1 aromatic heterocycles. The van der Waals surface area contributed by atoms with Gasteiger partial charge in [-0.1, -0.05) is 6.08 Å². The lowest BCUT2D eigenvalue weighted by atomic mass is 10.5. The van der Waals surface area contributed by atoms with E-state index in [-0.39, 0.29) is 0 Å². The Bertz CT molecular complexity index is 212. The van der Waals surface area contributed by atoms with Crippen LogP contribution >= 0.6 is 11.3 Å². The van der Waals surface area contributed by atoms with Crippen molar-refractivity contribution in [3.63, 3.8) is 0 Å². The van der Waals surface area contributed by atoms with Crippen LogP contribution in [0.15, 0.2) is 12.3 Å². The van der Waals surface area contributed by atoms with E-state index in [2.05, 4.69) is 11.1 Å². The summed E-state index contributed by atoms with van der Waals surface area (Å²) in [5.41, 5.74) is 0. The third kappa shape index (κ3) is 1.64. The van der Waals surface area contributed by atoms with Gasteiger partial charge >= 0.3 is 0 Å². The van der Waals surface area contributed by atoms with Gasteiger partial charge in [-0.15, -0.1) is 11.3 Å². The molecular formula is C7H9NS. The minimum atomic E-state index is 1.13. The van der Waals surface area contributed by atoms with E-state index in [0.717, 1.165) is 5.01 Å². The molecule has 0 amide bonds. The summed E-state index contributed by atoms with van der Waals surface area (Å²) in [4.78, 5) is 5.33. The molecule has 2 heteroatoms. The van der Waals surface area contributed by atoms with E-state index in [4.69, 9.17) is 0 Å². The zero-order chi connectivity index (χ0) is 6.69. The first-order valence-electron chi connectivity index (χ1n) is 2.88. The quantitative estimate of drug-likeness (QED) is 0.582. The number of allylic oxidation sites excluding steroid dienone is 1. The van der Waals surface area contributed by atoms with Gasteiger partial charge in [0, 0.05) is 11.1 Å². The van der Waals surface area contributed by atoms with Crippen LogP contribution in [0, 0.1) is 6.92 Å². The smallest absolute Gasteiger partial charge is 0.0900 e. The molecule has 1 nitrogen and oxygen atoms in total. The maximum atomic E-state index is 4.10. The molecule has 1 heterocycles. The van der Waals surface area contributed by atoms with Crippen LogP contribution in [0.5, 0.6) is 0 Å². The standard InChI is InChI=1S/C7H9NS/c1-3-4-7-5-8-6(2)9-7/h3-5H,1-2H3/b4-3+. The minimum absolute atomic E-state index is 1.13. The third-order valence-electron chi connectivity index (χ3n) is 0.970. The molecule has 9 heavy (non-hydrogen) atoms. The minimum Gasteiger partial charge on any atom is -0.249 e. The predicted octanol–water partition coefficient (Wildman–Crippen LogP) is 2.48. The number of aromatic nitrogens is 1. The number of thiazole rings is 1. The predicted molar refractivity (Wildman–Crippen MR) is 41.6 cm³/mol. The van der Waals surface area contributed by atoms with Crippen molar-refractivity contribution in [2.45, 2.75) is 13.8 Å². The number of nitrogens with zero attached hydrogens (tertiary/aromatic N) is 1. The average molecular weight is 139 g/mol. The summed E-state index contributed by atoms with van der Waals surface area (Å²) in [6.45, 7) is 4.02. The summed E-state index contributed by atoms with van der Waals surface area (Å²) in [7, 11) is 0. The van der Waals surface area contributed by atoms with Crippen LogP contribution in [0.2, 0.25) is 0 Å². The molecule has 0 N–H and O–H groups in total. The van der Waals surface area contributed by atoms with E-state index < -0.39 is 0 Å². The van der Waals surface area contributed by atoms with Crippen molar-refractivity contribution in [3.8, 4) is 0 Å². The molecule has 0 saturated heterocycles. The van der Waals surface area contributed by atoms with E-state index in [9.17, 15) is 0 Å². The zero-order valence-electron chi connectivity index (χ0n) is 5.59. The van der Waals surface area contributed by atoms with Gasteiger partial charge in [0.1, 0.15) is 0 Å². The lowest BCUT2D eigenvalue weighted by Crippen LogP contribution is -1.57. The summed E-state index contributed by atoms with van der Waals surface area (Å²) < 4.78 is 0. The topological polar surface area (TPSA) is 12.9 Å². The Morgan fingerprint density at radius 1 is 1.67 bits per heavy atom. The first kappa shape index (κ1) is 6.49. The van der Waals surface area contributed by atoms with Gasteiger partial charge in [-0.05, 0) is 19.9 Å². The average Bonchev–Trinajstić information content (AvgIpc) is 2.17. The third-order valence-corrected chi connectivity index (χ3v) is 1.85. The molecule has 0 aliphatic carbocycles. The first-order chi connectivity index (χ1) is 4.33. The monoisotopic (exact) mass is 139 g/mol. The van der Waals surface area contributed by atoms with Crippen molar-refractivity contribution in [1.82, 2.24) is 4.98 Å². The lowest BCUT2D eigenvalue weighted by molar-refractivity contribution is 1.30. The highest BCUT2D eigenvalue weighted by molar-refractivity contribution is 7.12. The molecule has 0 spiro atoms.